The number of nitrogen functional groups attached to an aromatic ring is 1. The van der Waals surface area contributed by atoms with E-state index < -0.39 is 5.91 Å². The lowest BCUT2D eigenvalue weighted by molar-refractivity contribution is 0.100. The summed E-state index contributed by atoms with van der Waals surface area (Å²) in [4.78, 5) is 24.1. The number of ether oxygens (including phenoxy) is 1. The van der Waals surface area contributed by atoms with Gasteiger partial charge in [0.1, 0.15) is 0 Å². The molecule has 0 aliphatic heterocycles. The van der Waals surface area contributed by atoms with Gasteiger partial charge >= 0.3 is 0 Å². The highest BCUT2D eigenvalue weighted by atomic mass is 16.5. The van der Waals surface area contributed by atoms with E-state index in [0.29, 0.717) is 6.61 Å². The normalized spacial score (nSPS) is 9.40. The van der Waals surface area contributed by atoms with Gasteiger partial charge in [-0.05, 0) is 17.7 Å². The molecule has 0 saturated heterocycles. The Labute approximate surface area is 86.6 Å². The molecular formula is C10H10N2O3. The lowest BCUT2D eigenvalue weighted by Crippen LogP contribution is -2.02. The molecule has 0 spiro atoms. The van der Waals surface area contributed by atoms with Gasteiger partial charge in [0.2, 0.25) is 6.08 Å². The minimum atomic E-state index is -0.688. The zero-order valence-electron chi connectivity index (χ0n) is 8.19. The molecule has 1 aromatic rings. The predicted molar refractivity (Wildman–Crippen MR) is 54.0 cm³/mol. The molecule has 15 heavy (non-hydrogen) atoms. The monoisotopic (exact) mass is 206 g/mol. The van der Waals surface area contributed by atoms with Gasteiger partial charge in [-0.1, -0.05) is 6.07 Å². The fourth-order valence-corrected chi connectivity index (χ4v) is 1.17. The number of carbonyl (C=O) groups is 1. The van der Waals surface area contributed by atoms with Crippen LogP contribution in [-0.4, -0.2) is 19.1 Å². The topological polar surface area (TPSA) is 81.8 Å². The van der Waals surface area contributed by atoms with Crippen LogP contribution in [0.15, 0.2) is 23.2 Å². The van der Waals surface area contributed by atoms with Crippen LogP contribution in [0.2, 0.25) is 0 Å². The van der Waals surface area contributed by atoms with E-state index in [0.717, 1.165) is 5.56 Å². The molecular weight excluding hydrogens is 196 g/mol. The number of hydrogen-bond donors (Lipinski definition) is 1. The Morgan fingerprint density at radius 3 is 2.87 bits per heavy atom. The molecule has 0 fully saturated rings. The quantitative estimate of drug-likeness (QED) is 0.452. The maximum atomic E-state index is 11.2. The van der Waals surface area contributed by atoms with Crippen LogP contribution in [0.4, 0.5) is 5.69 Å². The third-order valence-corrected chi connectivity index (χ3v) is 1.80. The van der Waals surface area contributed by atoms with Gasteiger partial charge in [-0.2, -0.15) is 0 Å². The van der Waals surface area contributed by atoms with Crippen LogP contribution in [-0.2, 0) is 16.1 Å². The number of methoxy groups -OCH3 is 1. The van der Waals surface area contributed by atoms with Gasteiger partial charge in [-0.15, -0.1) is 4.99 Å². The molecule has 0 radical (unpaired) electrons. The predicted octanol–water partition coefficient (Wildman–Crippen LogP) is 0.891. The Morgan fingerprint density at radius 1 is 1.60 bits per heavy atom. The number of benzene rings is 1. The molecule has 5 nitrogen and oxygen atoms in total. The summed E-state index contributed by atoms with van der Waals surface area (Å²) in [5, 5.41) is 0. The number of isocyanates is 1. The van der Waals surface area contributed by atoms with Crippen molar-refractivity contribution in [2.24, 2.45) is 4.99 Å². The standard InChI is InChI=1S/C10H10N2O3/c1-15-5-7-2-3-8(9(11)4-7)10(14)12-6-13/h2-4H,5,11H2,1H3. The van der Waals surface area contributed by atoms with Crippen molar-refractivity contribution < 1.29 is 14.3 Å². The van der Waals surface area contributed by atoms with Gasteiger partial charge in [0.25, 0.3) is 5.91 Å². The Balaban J connectivity index is 3.02. The van der Waals surface area contributed by atoms with Crippen LogP contribution < -0.4 is 5.73 Å². The Morgan fingerprint density at radius 2 is 2.33 bits per heavy atom. The Bertz CT molecular complexity index is 423. The summed E-state index contributed by atoms with van der Waals surface area (Å²) < 4.78 is 4.90. The maximum absolute atomic E-state index is 11.2. The SMILES string of the molecule is COCc1ccc(C(=O)N=C=O)c(N)c1. The van der Waals surface area contributed by atoms with Crippen molar-refractivity contribution in [3.8, 4) is 0 Å². The minimum Gasteiger partial charge on any atom is -0.398 e. The minimum absolute atomic E-state index is 0.193. The van der Waals surface area contributed by atoms with E-state index in [9.17, 15) is 9.59 Å². The van der Waals surface area contributed by atoms with E-state index >= 15 is 0 Å². The van der Waals surface area contributed by atoms with Gasteiger partial charge in [0, 0.05) is 12.8 Å². The van der Waals surface area contributed by atoms with E-state index in [2.05, 4.69) is 4.99 Å². The number of hydrogen-bond acceptors (Lipinski definition) is 4. The van der Waals surface area contributed by atoms with Gasteiger partial charge in [0.05, 0.1) is 12.2 Å². The molecule has 1 aromatic carbocycles. The average Bonchev–Trinajstić information content (AvgIpc) is 2.18. The lowest BCUT2D eigenvalue weighted by atomic mass is 10.1. The van der Waals surface area contributed by atoms with Crippen molar-refractivity contribution in [3.05, 3.63) is 29.3 Å². The summed E-state index contributed by atoms with van der Waals surface area (Å²) in [7, 11) is 1.56. The highest BCUT2D eigenvalue weighted by Crippen LogP contribution is 2.15. The van der Waals surface area contributed by atoms with Crippen molar-refractivity contribution in [2.45, 2.75) is 6.61 Å². The zero-order chi connectivity index (χ0) is 11.3. The van der Waals surface area contributed by atoms with Crippen molar-refractivity contribution in [1.82, 2.24) is 0 Å². The van der Waals surface area contributed by atoms with Crippen molar-refractivity contribution in [1.29, 1.82) is 0 Å². The van der Waals surface area contributed by atoms with Crippen LogP contribution in [0.1, 0.15) is 15.9 Å². The van der Waals surface area contributed by atoms with E-state index in [4.69, 9.17) is 10.5 Å². The van der Waals surface area contributed by atoms with Crippen LogP contribution in [0.3, 0.4) is 0 Å². The summed E-state index contributed by atoms with van der Waals surface area (Å²) in [6.45, 7) is 0.412. The van der Waals surface area contributed by atoms with Gasteiger partial charge in [-0.25, -0.2) is 4.79 Å². The lowest BCUT2D eigenvalue weighted by Gasteiger charge is -2.04. The first kappa shape index (κ1) is 11.1. The smallest absolute Gasteiger partial charge is 0.289 e. The van der Waals surface area contributed by atoms with Gasteiger partial charge in [-0.3, -0.25) is 4.79 Å². The third kappa shape index (κ3) is 2.74. The molecule has 0 aliphatic rings. The summed E-state index contributed by atoms with van der Waals surface area (Å²) in [6, 6.07) is 4.80. The molecule has 5 heteroatoms. The molecule has 0 aliphatic carbocycles. The first-order valence-electron chi connectivity index (χ1n) is 4.18. The Hall–Kier alpha value is -1.97. The molecule has 1 amide bonds. The number of nitrogens with zero attached hydrogens (tertiary/aromatic N) is 1. The summed E-state index contributed by atoms with van der Waals surface area (Å²) in [5.74, 6) is -0.688. The van der Waals surface area contributed by atoms with Crippen LogP contribution in [0.5, 0.6) is 0 Å². The highest BCUT2D eigenvalue weighted by Gasteiger charge is 2.08. The highest BCUT2D eigenvalue weighted by molar-refractivity contribution is 6.01. The summed E-state index contributed by atoms with van der Waals surface area (Å²) in [6.07, 6.45) is 1.18. The molecule has 0 heterocycles. The average molecular weight is 206 g/mol. The Kier molecular flexibility index (Phi) is 3.74. The number of aliphatic imine (C=N–C) groups is 1. The van der Waals surface area contributed by atoms with Crippen LogP contribution in [0.25, 0.3) is 0 Å². The first-order chi connectivity index (χ1) is 7.19. The largest absolute Gasteiger partial charge is 0.398 e. The first-order valence-corrected chi connectivity index (χ1v) is 4.18. The second-order valence-corrected chi connectivity index (χ2v) is 2.86. The second-order valence-electron chi connectivity index (χ2n) is 2.86. The number of carbonyl (C=O) groups excluding carboxylic acids is 2. The van der Waals surface area contributed by atoms with Crippen molar-refractivity contribution >= 4 is 17.7 Å². The van der Waals surface area contributed by atoms with E-state index in [1.165, 1.54) is 12.1 Å². The third-order valence-electron chi connectivity index (χ3n) is 1.80. The van der Waals surface area contributed by atoms with Crippen molar-refractivity contribution in [3.63, 3.8) is 0 Å². The summed E-state index contributed by atoms with van der Waals surface area (Å²) >= 11 is 0. The zero-order valence-corrected chi connectivity index (χ0v) is 8.19. The van der Waals surface area contributed by atoms with Crippen molar-refractivity contribution in [2.75, 3.05) is 12.8 Å². The molecule has 1 rings (SSSR count). The summed E-state index contributed by atoms with van der Waals surface area (Å²) in [5.41, 5.74) is 6.93. The molecule has 0 bridgehead atoms. The molecule has 0 aromatic heterocycles. The van der Waals surface area contributed by atoms with Gasteiger partial charge in [0.15, 0.2) is 0 Å². The van der Waals surface area contributed by atoms with E-state index in [-0.39, 0.29) is 11.3 Å². The maximum Gasteiger partial charge on any atom is 0.289 e. The van der Waals surface area contributed by atoms with E-state index in [1.807, 2.05) is 0 Å². The fraction of sp³-hybridized carbons (Fsp3) is 0.200. The molecule has 0 atom stereocenters. The van der Waals surface area contributed by atoms with Crippen LogP contribution >= 0.6 is 0 Å². The van der Waals surface area contributed by atoms with Crippen LogP contribution in [0, 0.1) is 0 Å². The fourth-order valence-electron chi connectivity index (χ4n) is 1.17. The number of nitrogens with two attached hydrogens (primary N) is 1. The molecule has 2 N–H and O–H groups in total. The molecule has 78 valence electrons. The second kappa shape index (κ2) is 5.05. The molecule has 0 unspecified atom stereocenters. The number of anilines is 1. The molecule has 0 saturated carbocycles. The number of rotatable bonds is 3. The number of amides is 1. The van der Waals surface area contributed by atoms with E-state index in [1.54, 1.807) is 19.2 Å². The van der Waals surface area contributed by atoms with Gasteiger partial charge < -0.3 is 10.5 Å².